The van der Waals surface area contributed by atoms with Crippen molar-refractivity contribution in [3.63, 3.8) is 0 Å². The predicted octanol–water partition coefficient (Wildman–Crippen LogP) is 4.44. The van der Waals surface area contributed by atoms with Gasteiger partial charge in [0.1, 0.15) is 0 Å². The van der Waals surface area contributed by atoms with Gasteiger partial charge in [0.25, 0.3) is 0 Å². The zero-order valence-corrected chi connectivity index (χ0v) is 13.5. The topological polar surface area (TPSA) is 29.9 Å². The molecule has 2 aromatic carbocycles. The fraction of sp³-hybridized carbons (Fsp3) is 0.0714. The minimum atomic E-state index is -0.410. The van der Waals surface area contributed by atoms with Gasteiger partial charge in [-0.25, -0.2) is 4.39 Å². The molecule has 0 aliphatic carbocycles. The maximum Gasteiger partial charge on any atom is 0.182 e. The fourth-order valence-electron chi connectivity index (χ4n) is 2.13. The van der Waals surface area contributed by atoms with Crippen LogP contribution in [-0.2, 0) is 0 Å². The molecule has 0 aliphatic heterocycles. The molecule has 102 valence electrons. The molecule has 0 bridgehead atoms. The van der Waals surface area contributed by atoms with Crippen LogP contribution in [0.1, 0.15) is 0 Å². The van der Waals surface area contributed by atoms with Crippen LogP contribution in [0, 0.1) is 14.2 Å². The number of benzene rings is 2. The smallest absolute Gasteiger partial charge is 0.182 e. The summed E-state index contributed by atoms with van der Waals surface area (Å²) in [5, 5.41) is 0. The number of methoxy groups -OCH3 is 1. The highest BCUT2D eigenvalue weighted by molar-refractivity contribution is 14.1. The van der Waals surface area contributed by atoms with E-state index in [2.05, 4.69) is 27.6 Å². The van der Waals surface area contributed by atoms with E-state index in [1.807, 2.05) is 22.8 Å². The quantitative estimate of drug-likeness (QED) is 0.509. The van der Waals surface area contributed by atoms with E-state index < -0.39 is 5.82 Å². The van der Waals surface area contributed by atoms with Gasteiger partial charge < -0.3 is 9.72 Å². The molecule has 3 aromatic rings. The first-order chi connectivity index (χ1) is 9.60. The van der Waals surface area contributed by atoms with E-state index in [0.717, 1.165) is 14.6 Å². The summed E-state index contributed by atoms with van der Waals surface area (Å²) in [6.07, 6.45) is 0. The SMILES string of the molecule is COc1ccc(-n2c(=S)[nH]c3cc(I)ccc32)cc1F. The van der Waals surface area contributed by atoms with Crippen LogP contribution in [0.4, 0.5) is 4.39 Å². The zero-order valence-electron chi connectivity index (χ0n) is 10.5. The molecule has 3 nitrogen and oxygen atoms in total. The van der Waals surface area contributed by atoms with Crippen molar-refractivity contribution < 1.29 is 9.13 Å². The Hall–Kier alpha value is -1.41. The summed E-state index contributed by atoms with van der Waals surface area (Å²) in [7, 11) is 1.44. The van der Waals surface area contributed by atoms with Gasteiger partial charge in [0.05, 0.1) is 23.8 Å². The Morgan fingerprint density at radius 3 is 2.75 bits per heavy atom. The Labute approximate surface area is 133 Å². The lowest BCUT2D eigenvalue weighted by Gasteiger charge is -2.07. The first-order valence-electron chi connectivity index (χ1n) is 5.84. The maximum absolute atomic E-state index is 13.9. The molecule has 6 heteroatoms. The van der Waals surface area contributed by atoms with Gasteiger partial charge >= 0.3 is 0 Å². The van der Waals surface area contributed by atoms with Gasteiger partial charge in [-0.15, -0.1) is 0 Å². The summed E-state index contributed by atoms with van der Waals surface area (Å²) in [5.74, 6) is -0.193. The molecule has 0 atom stereocenters. The highest BCUT2D eigenvalue weighted by Gasteiger charge is 2.10. The van der Waals surface area contributed by atoms with Crippen molar-refractivity contribution in [1.82, 2.24) is 9.55 Å². The third kappa shape index (κ3) is 2.22. The Kier molecular flexibility index (Phi) is 3.51. The second-order valence-corrected chi connectivity index (χ2v) is 5.88. The van der Waals surface area contributed by atoms with Gasteiger partial charge in [0.15, 0.2) is 16.3 Å². The first-order valence-corrected chi connectivity index (χ1v) is 7.33. The normalized spacial score (nSPS) is 10.9. The van der Waals surface area contributed by atoms with Crippen LogP contribution in [0.3, 0.4) is 0 Å². The van der Waals surface area contributed by atoms with E-state index in [4.69, 9.17) is 17.0 Å². The van der Waals surface area contributed by atoms with Crippen molar-refractivity contribution in [2.24, 2.45) is 0 Å². The summed E-state index contributed by atoms with van der Waals surface area (Å²) < 4.78 is 22.2. The highest BCUT2D eigenvalue weighted by atomic mass is 127. The van der Waals surface area contributed by atoms with Crippen LogP contribution in [0.15, 0.2) is 36.4 Å². The summed E-state index contributed by atoms with van der Waals surface area (Å²) in [5.41, 5.74) is 2.51. The number of fused-ring (bicyclic) bond motifs is 1. The van der Waals surface area contributed by atoms with E-state index in [1.54, 1.807) is 12.1 Å². The lowest BCUT2D eigenvalue weighted by Crippen LogP contribution is -1.96. The lowest BCUT2D eigenvalue weighted by molar-refractivity contribution is 0.386. The van der Waals surface area contributed by atoms with Crippen molar-refractivity contribution in [2.75, 3.05) is 7.11 Å². The van der Waals surface area contributed by atoms with Crippen LogP contribution < -0.4 is 4.74 Å². The van der Waals surface area contributed by atoms with E-state index in [1.165, 1.54) is 13.2 Å². The number of ether oxygens (including phenoxy) is 1. The number of nitrogens with one attached hydrogen (secondary N) is 1. The van der Waals surface area contributed by atoms with Crippen LogP contribution in [-0.4, -0.2) is 16.7 Å². The summed E-state index contributed by atoms with van der Waals surface area (Å²) in [4.78, 5) is 3.13. The lowest BCUT2D eigenvalue weighted by atomic mass is 10.2. The van der Waals surface area contributed by atoms with Gasteiger partial charge in [-0.3, -0.25) is 4.57 Å². The molecule has 0 aliphatic rings. The highest BCUT2D eigenvalue weighted by Crippen LogP contribution is 2.25. The molecule has 1 aromatic heterocycles. The Bertz CT molecular complexity index is 856. The number of hydrogen-bond acceptors (Lipinski definition) is 2. The molecule has 1 N–H and O–H groups in total. The summed E-state index contributed by atoms with van der Waals surface area (Å²) in [6, 6.07) is 10.7. The first kappa shape index (κ1) is 13.6. The third-order valence-corrected chi connectivity index (χ3v) is 3.99. The standard InChI is InChI=1S/C14H10FIN2OS/c1-19-13-5-3-9(7-10(13)15)18-12-4-2-8(16)6-11(12)17-14(18)20/h2-7H,1H3,(H,17,20). The number of H-pyrrole nitrogens is 1. The molecule has 1 heterocycles. The van der Waals surface area contributed by atoms with Crippen LogP contribution in [0.2, 0.25) is 0 Å². The average Bonchev–Trinajstić information content (AvgIpc) is 2.73. The number of aromatic amines is 1. The zero-order chi connectivity index (χ0) is 14.3. The largest absolute Gasteiger partial charge is 0.494 e. The molecule has 3 rings (SSSR count). The number of imidazole rings is 1. The summed E-state index contributed by atoms with van der Waals surface area (Å²) in [6.45, 7) is 0. The van der Waals surface area contributed by atoms with E-state index >= 15 is 0 Å². The number of halogens is 2. The monoisotopic (exact) mass is 400 g/mol. The molecular formula is C14H10FIN2OS. The molecule has 0 saturated carbocycles. The van der Waals surface area contributed by atoms with Crippen LogP contribution >= 0.6 is 34.8 Å². The van der Waals surface area contributed by atoms with Crippen molar-refractivity contribution in [3.8, 4) is 11.4 Å². The number of hydrogen-bond donors (Lipinski definition) is 1. The Morgan fingerprint density at radius 2 is 2.05 bits per heavy atom. The fourth-order valence-corrected chi connectivity index (χ4v) is 2.94. The van der Waals surface area contributed by atoms with Crippen LogP contribution in [0.5, 0.6) is 5.75 Å². The molecule has 0 saturated heterocycles. The number of aromatic nitrogens is 2. The minimum Gasteiger partial charge on any atom is -0.494 e. The molecule has 0 fully saturated rings. The van der Waals surface area contributed by atoms with Crippen molar-refractivity contribution >= 4 is 45.8 Å². The molecule has 20 heavy (non-hydrogen) atoms. The van der Waals surface area contributed by atoms with E-state index in [-0.39, 0.29) is 5.75 Å². The van der Waals surface area contributed by atoms with Gasteiger partial charge in [0, 0.05) is 9.64 Å². The molecule has 0 unspecified atom stereocenters. The molecule has 0 amide bonds. The van der Waals surface area contributed by atoms with Crippen LogP contribution in [0.25, 0.3) is 16.7 Å². The van der Waals surface area contributed by atoms with Crippen molar-refractivity contribution in [1.29, 1.82) is 0 Å². The van der Waals surface area contributed by atoms with E-state index in [0.29, 0.717) is 10.5 Å². The Morgan fingerprint density at radius 1 is 1.25 bits per heavy atom. The second-order valence-electron chi connectivity index (χ2n) is 4.25. The van der Waals surface area contributed by atoms with Gasteiger partial charge in [-0.05, 0) is 65.1 Å². The number of nitrogens with zero attached hydrogens (tertiary/aromatic N) is 1. The second kappa shape index (κ2) is 5.17. The third-order valence-electron chi connectivity index (χ3n) is 3.04. The molecule has 0 spiro atoms. The summed E-state index contributed by atoms with van der Waals surface area (Å²) >= 11 is 7.57. The van der Waals surface area contributed by atoms with Crippen molar-refractivity contribution in [3.05, 3.63) is 50.6 Å². The predicted molar refractivity (Wildman–Crippen MR) is 87.7 cm³/mol. The maximum atomic E-state index is 13.9. The Balaban J connectivity index is 2.26. The van der Waals surface area contributed by atoms with Gasteiger partial charge in [-0.1, -0.05) is 0 Å². The average molecular weight is 400 g/mol. The van der Waals surface area contributed by atoms with Gasteiger partial charge in [0.2, 0.25) is 0 Å². The van der Waals surface area contributed by atoms with Crippen molar-refractivity contribution in [2.45, 2.75) is 0 Å². The number of rotatable bonds is 2. The minimum absolute atomic E-state index is 0.217. The molecular weight excluding hydrogens is 390 g/mol. The van der Waals surface area contributed by atoms with E-state index in [9.17, 15) is 4.39 Å². The molecule has 0 radical (unpaired) electrons. The van der Waals surface area contributed by atoms with Gasteiger partial charge in [-0.2, -0.15) is 0 Å².